The maximum Gasteiger partial charge on any atom is 0.0928 e. The Morgan fingerprint density at radius 2 is 1.96 bits per heavy atom. The van der Waals surface area contributed by atoms with E-state index in [9.17, 15) is 0 Å². The van der Waals surface area contributed by atoms with E-state index >= 15 is 0 Å². The van der Waals surface area contributed by atoms with Crippen molar-refractivity contribution in [3.8, 4) is 0 Å². The molecule has 1 saturated carbocycles. The topological polar surface area (TPSA) is 9.23 Å². The Hall–Kier alpha value is -2.02. The van der Waals surface area contributed by atoms with E-state index in [1.165, 1.54) is 51.8 Å². The molecule has 0 aromatic heterocycles. The SMILES string of the molecule is C=Cc1cc2c(c(C)c1/C=C(\C)C1CC1)CC(C(=C)CC(=C)OCC)C2. The minimum atomic E-state index is 0.488. The molecule has 0 radical (unpaired) electrons. The Labute approximate surface area is 159 Å². The Morgan fingerprint density at radius 1 is 1.23 bits per heavy atom. The Balaban J connectivity index is 1.84. The molecule has 3 rings (SSSR count). The van der Waals surface area contributed by atoms with Crippen LogP contribution in [0.2, 0.25) is 0 Å². The molecule has 2 aliphatic rings. The van der Waals surface area contributed by atoms with Gasteiger partial charge in [-0.2, -0.15) is 0 Å². The third-order valence-corrected chi connectivity index (χ3v) is 5.97. The zero-order valence-electron chi connectivity index (χ0n) is 16.7. The standard InChI is InChI=1S/C25H32O/c1-7-20-13-23-14-22(16(3)11-18(5)26-8-2)15-25(23)19(6)24(20)12-17(4)21-9-10-21/h7,12-13,21-22H,1,3,5,8-11,14-15H2,2,4,6H3/b17-12+. The molecule has 1 heteroatoms. The van der Waals surface area contributed by atoms with Crippen LogP contribution in [0, 0.1) is 18.8 Å². The molecule has 1 aromatic rings. The van der Waals surface area contributed by atoms with Gasteiger partial charge in [0.2, 0.25) is 0 Å². The van der Waals surface area contributed by atoms with Crippen molar-refractivity contribution in [3.63, 3.8) is 0 Å². The molecular formula is C25H32O. The normalized spacial score (nSPS) is 19.2. The number of hydrogen-bond acceptors (Lipinski definition) is 1. The van der Waals surface area contributed by atoms with Crippen LogP contribution in [0.1, 0.15) is 60.9 Å². The van der Waals surface area contributed by atoms with Gasteiger partial charge in [0.25, 0.3) is 0 Å². The van der Waals surface area contributed by atoms with Gasteiger partial charge in [0.1, 0.15) is 0 Å². The van der Waals surface area contributed by atoms with Gasteiger partial charge in [-0.3, -0.25) is 0 Å². The molecule has 0 amide bonds. The lowest BCUT2D eigenvalue weighted by Crippen LogP contribution is -2.05. The molecule has 1 aromatic carbocycles. The van der Waals surface area contributed by atoms with E-state index in [1.807, 2.05) is 13.0 Å². The van der Waals surface area contributed by atoms with Gasteiger partial charge in [-0.25, -0.2) is 0 Å². The van der Waals surface area contributed by atoms with E-state index in [1.54, 1.807) is 0 Å². The lowest BCUT2D eigenvalue weighted by atomic mass is 9.91. The van der Waals surface area contributed by atoms with Crippen LogP contribution in [0.15, 0.2) is 42.7 Å². The first-order chi connectivity index (χ1) is 12.4. The number of fused-ring (bicyclic) bond motifs is 1. The monoisotopic (exact) mass is 348 g/mol. The average molecular weight is 349 g/mol. The average Bonchev–Trinajstić information content (AvgIpc) is 3.36. The van der Waals surface area contributed by atoms with Crippen molar-refractivity contribution in [1.29, 1.82) is 0 Å². The minimum Gasteiger partial charge on any atom is -0.499 e. The second-order valence-electron chi connectivity index (χ2n) is 7.92. The molecule has 0 bridgehead atoms. The van der Waals surface area contributed by atoms with E-state index in [0.717, 1.165) is 30.9 Å². The van der Waals surface area contributed by atoms with E-state index in [0.29, 0.717) is 12.5 Å². The molecule has 0 saturated heterocycles. The van der Waals surface area contributed by atoms with Gasteiger partial charge in [-0.15, -0.1) is 0 Å². The van der Waals surface area contributed by atoms with Gasteiger partial charge in [0, 0.05) is 6.42 Å². The molecule has 0 heterocycles. The first kappa shape index (κ1) is 18.8. The van der Waals surface area contributed by atoms with E-state index in [-0.39, 0.29) is 0 Å². The van der Waals surface area contributed by atoms with Gasteiger partial charge >= 0.3 is 0 Å². The summed E-state index contributed by atoms with van der Waals surface area (Å²) < 4.78 is 5.52. The number of benzene rings is 1. The van der Waals surface area contributed by atoms with Crippen molar-refractivity contribution >= 4 is 12.2 Å². The fourth-order valence-electron chi connectivity index (χ4n) is 4.21. The van der Waals surface area contributed by atoms with Crippen molar-refractivity contribution < 1.29 is 4.74 Å². The summed E-state index contributed by atoms with van der Waals surface area (Å²) in [6, 6.07) is 2.35. The van der Waals surface area contributed by atoms with Gasteiger partial charge in [-0.05, 0) is 86.1 Å². The molecule has 1 nitrogen and oxygen atoms in total. The molecule has 0 spiro atoms. The zero-order chi connectivity index (χ0) is 18.8. The summed E-state index contributed by atoms with van der Waals surface area (Å²) >= 11 is 0. The molecule has 0 N–H and O–H groups in total. The Kier molecular flexibility index (Phi) is 5.55. The molecule has 1 unspecified atom stereocenters. The quantitative estimate of drug-likeness (QED) is 0.377. The van der Waals surface area contributed by atoms with Gasteiger partial charge in [0.05, 0.1) is 12.4 Å². The molecule has 1 atom stereocenters. The van der Waals surface area contributed by atoms with Crippen molar-refractivity contribution in [1.82, 2.24) is 0 Å². The number of hydrogen-bond donors (Lipinski definition) is 0. The fourth-order valence-corrected chi connectivity index (χ4v) is 4.21. The van der Waals surface area contributed by atoms with Crippen LogP contribution in [0.4, 0.5) is 0 Å². The van der Waals surface area contributed by atoms with Crippen molar-refractivity contribution in [2.75, 3.05) is 6.61 Å². The van der Waals surface area contributed by atoms with Crippen LogP contribution >= 0.6 is 0 Å². The predicted molar refractivity (Wildman–Crippen MR) is 113 cm³/mol. The highest BCUT2D eigenvalue weighted by molar-refractivity contribution is 5.71. The summed E-state index contributed by atoms with van der Waals surface area (Å²) in [6.45, 7) is 19.7. The van der Waals surface area contributed by atoms with Crippen LogP contribution in [0.25, 0.3) is 12.2 Å². The highest BCUT2D eigenvalue weighted by Crippen LogP contribution is 2.41. The molecular weight excluding hydrogens is 316 g/mol. The van der Waals surface area contributed by atoms with Crippen molar-refractivity contribution in [2.45, 2.75) is 52.9 Å². The molecule has 1 fully saturated rings. The summed E-state index contributed by atoms with van der Waals surface area (Å²) in [5.41, 5.74) is 9.80. The van der Waals surface area contributed by atoms with E-state index < -0.39 is 0 Å². The molecule has 26 heavy (non-hydrogen) atoms. The molecule has 2 aliphatic carbocycles. The predicted octanol–water partition coefficient (Wildman–Crippen LogP) is 6.66. The second kappa shape index (κ2) is 7.70. The number of ether oxygens (including phenoxy) is 1. The highest BCUT2D eigenvalue weighted by atomic mass is 16.5. The van der Waals surface area contributed by atoms with Gasteiger partial charge in [0.15, 0.2) is 0 Å². The third kappa shape index (κ3) is 3.87. The van der Waals surface area contributed by atoms with Crippen molar-refractivity contribution in [2.24, 2.45) is 11.8 Å². The largest absolute Gasteiger partial charge is 0.499 e. The first-order valence-electron chi connectivity index (χ1n) is 9.88. The first-order valence-corrected chi connectivity index (χ1v) is 9.88. The summed E-state index contributed by atoms with van der Waals surface area (Å²) in [4.78, 5) is 0. The summed E-state index contributed by atoms with van der Waals surface area (Å²) in [6.07, 6.45) is 10.0. The van der Waals surface area contributed by atoms with E-state index in [4.69, 9.17) is 4.74 Å². The van der Waals surface area contributed by atoms with Crippen molar-refractivity contribution in [3.05, 3.63) is 70.5 Å². The molecule has 0 aliphatic heterocycles. The smallest absolute Gasteiger partial charge is 0.0928 e. The van der Waals surface area contributed by atoms with Crippen LogP contribution in [-0.4, -0.2) is 6.61 Å². The van der Waals surface area contributed by atoms with Crippen LogP contribution in [0.5, 0.6) is 0 Å². The van der Waals surface area contributed by atoms with Gasteiger partial charge in [-0.1, -0.05) is 49.1 Å². The maximum atomic E-state index is 5.52. The number of rotatable bonds is 8. The number of allylic oxidation sites excluding steroid dienone is 2. The summed E-state index contributed by atoms with van der Waals surface area (Å²) in [7, 11) is 0. The lowest BCUT2D eigenvalue weighted by molar-refractivity contribution is 0.223. The van der Waals surface area contributed by atoms with Crippen LogP contribution < -0.4 is 0 Å². The lowest BCUT2D eigenvalue weighted by Gasteiger charge is -2.15. The van der Waals surface area contributed by atoms with Crippen LogP contribution in [0.3, 0.4) is 0 Å². The Morgan fingerprint density at radius 3 is 2.58 bits per heavy atom. The van der Waals surface area contributed by atoms with Gasteiger partial charge < -0.3 is 4.74 Å². The van der Waals surface area contributed by atoms with E-state index in [2.05, 4.69) is 45.7 Å². The fraction of sp³-hybridized carbons (Fsp3) is 0.440. The summed E-state index contributed by atoms with van der Waals surface area (Å²) in [5, 5.41) is 0. The second-order valence-corrected chi connectivity index (χ2v) is 7.92. The zero-order valence-corrected chi connectivity index (χ0v) is 16.7. The molecule has 138 valence electrons. The van der Waals surface area contributed by atoms with Crippen LogP contribution in [-0.2, 0) is 17.6 Å². The minimum absolute atomic E-state index is 0.488. The highest BCUT2D eigenvalue weighted by Gasteiger charge is 2.28. The maximum absolute atomic E-state index is 5.52. The summed E-state index contributed by atoms with van der Waals surface area (Å²) in [5.74, 6) is 2.13. The Bertz CT molecular complexity index is 774. The third-order valence-electron chi connectivity index (χ3n) is 5.97.